The summed E-state index contributed by atoms with van der Waals surface area (Å²) in [5, 5.41) is 0. The molecule has 0 aromatic heterocycles. The van der Waals surface area contributed by atoms with E-state index in [9.17, 15) is 0 Å². The average molecular weight is 138 g/mol. The van der Waals surface area contributed by atoms with E-state index >= 15 is 0 Å². The average Bonchev–Trinajstić information content (AvgIpc) is 2.63. The van der Waals surface area contributed by atoms with Crippen molar-refractivity contribution >= 4 is 0 Å². The molecule has 2 rings (SSSR count). The van der Waals surface area contributed by atoms with Gasteiger partial charge in [0, 0.05) is 0 Å². The highest BCUT2D eigenvalue weighted by Gasteiger charge is 2.52. The van der Waals surface area contributed by atoms with Crippen LogP contribution in [0.3, 0.4) is 0 Å². The summed E-state index contributed by atoms with van der Waals surface area (Å²) in [5.41, 5.74) is 0.876. The van der Waals surface area contributed by atoms with Gasteiger partial charge in [0.2, 0.25) is 0 Å². The Morgan fingerprint density at radius 1 is 1.30 bits per heavy atom. The van der Waals surface area contributed by atoms with E-state index in [1.165, 1.54) is 12.8 Å². The van der Waals surface area contributed by atoms with Crippen molar-refractivity contribution in [2.24, 2.45) is 17.3 Å². The minimum atomic E-state index is 0.876. The Hall–Kier alpha value is 0. The largest absolute Gasteiger partial charge is 0.0651 e. The van der Waals surface area contributed by atoms with Crippen molar-refractivity contribution in [3.63, 3.8) is 0 Å². The van der Waals surface area contributed by atoms with Crippen molar-refractivity contribution in [2.75, 3.05) is 0 Å². The van der Waals surface area contributed by atoms with Crippen LogP contribution in [0.15, 0.2) is 0 Å². The van der Waals surface area contributed by atoms with E-state index in [0.717, 1.165) is 17.3 Å². The molecular weight excluding hydrogens is 120 g/mol. The van der Waals surface area contributed by atoms with Crippen molar-refractivity contribution in [3.05, 3.63) is 0 Å². The maximum atomic E-state index is 2.48. The van der Waals surface area contributed by atoms with Crippen LogP contribution in [0.2, 0.25) is 0 Å². The molecule has 2 saturated carbocycles. The molecule has 2 aliphatic carbocycles. The molecule has 0 saturated heterocycles. The molecule has 0 heteroatoms. The standard InChI is InChI=1S/C10H18/c1-3-9-4-5-10(6-7-10)8(9)2/h8-9H,3-7H2,1-2H3. The Morgan fingerprint density at radius 3 is 2.30 bits per heavy atom. The minimum Gasteiger partial charge on any atom is -0.0651 e. The van der Waals surface area contributed by atoms with Gasteiger partial charge >= 0.3 is 0 Å². The Labute approximate surface area is 64.0 Å². The molecule has 0 aliphatic heterocycles. The van der Waals surface area contributed by atoms with E-state index in [2.05, 4.69) is 13.8 Å². The van der Waals surface area contributed by atoms with Crippen molar-refractivity contribution in [1.82, 2.24) is 0 Å². The summed E-state index contributed by atoms with van der Waals surface area (Å²) >= 11 is 0. The van der Waals surface area contributed by atoms with Gasteiger partial charge in [0.05, 0.1) is 0 Å². The smallest absolute Gasteiger partial charge is 0.0269 e. The van der Waals surface area contributed by atoms with E-state index in [1.807, 2.05) is 0 Å². The van der Waals surface area contributed by atoms with Crippen LogP contribution in [-0.4, -0.2) is 0 Å². The summed E-state index contributed by atoms with van der Waals surface area (Å²) in [6.07, 6.45) is 7.59. The maximum Gasteiger partial charge on any atom is -0.0269 e. The molecule has 58 valence electrons. The zero-order valence-corrected chi connectivity index (χ0v) is 7.19. The molecule has 1 spiro atoms. The molecule has 2 fully saturated rings. The van der Waals surface area contributed by atoms with Gasteiger partial charge in [0.15, 0.2) is 0 Å². The Balaban J connectivity index is 2.05. The lowest BCUT2D eigenvalue weighted by Crippen LogP contribution is -2.10. The second-order valence-electron chi connectivity index (χ2n) is 4.36. The first-order valence-electron chi connectivity index (χ1n) is 4.78. The zero-order chi connectivity index (χ0) is 7.19. The highest BCUT2D eigenvalue weighted by molar-refractivity contribution is 5.03. The van der Waals surface area contributed by atoms with Gasteiger partial charge in [-0.25, -0.2) is 0 Å². The van der Waals surface area contributed by atoms with Crippen LogP contribution in [0.1, 0.15) is 46.0 Å². The number of rotatable bonds is 1. The van der Waals surface area contributed by atoms with Gasteiger partial charge < -0.3 is 0 Å². The molecule has 10 heavy (non-hydrogen) atoms. The third kappa shape index (κ3) is 0.741. The molecule has 2 unspecified atom stereocenters. The molecule has 2 atom stereocenters. The Morgan fingerprint density at radius 2 is 2.00 bits per heavy atom. The van der Waals surface area contributed by atoms with Crippen molar-refractivity contribution in [2.45, 2.75) is 46.0 Å². The van der Waals surface area contributed by atoms with Crippen LogP contribution in [0.4, 0.5) is 0 Å². The van der Waals surface area contributed by atoms with Crippen LogP contribution in [-0.2, 0) is 0 Å². The molecule has 0 amide bonds. The van der Waals surface area contributed by atoms with E-state index in [4.69, 9.17) is 0 Å². The van der Waals surface area contributed by atoms with E-state index in [0.29, 0.717) is 0 Å². The predicted octanol–water partition coefficient (Wildman–Crippen LogP) is 3.22. The maximum absolute atomic E-state index is 2.48. The van der Waals surface area contributed by atoms with Gasteiger partial charge in [-0.1, -0.05) is 20.3 Å². The molecule has 0 N–H and O–H groups in total. The van der Waals surface area contributed by atoms with E-state index in [-0.39, 0.29) is 0 Å². The summed E-state index contributed by atoms with van der Waals surface area (Å²) in [4.78, 5) is 0. The SMILES string of the molecule is CCC1CCC2(CC2)C1C. The number of hydrogen-bond donors (Lipinski definition) is 0. The summed E-state index contributed by atoms with van der Waals surface area (Å²) in [5.74, 6) is 2.12. The van der Waals surface area contributed by atoms with Crippen LogP contribution >= 0.6 is 0 Å². The lowest BCUT2D eigenvalue weighted by atomic mass is 9.88. The summed E-state index contributed by atoms with van der Waals surface area (Å²) in [6, 6.07) is 0. The van der Waals surface area contributed by atoms with Crippen LogP contribution in [0.25, 0.3) is 0 Å². The lowest BCUT2D eigenvalue weighted by molar-refractivity contribution is 0.315. The first-order valence-corrected chi connectivity index (χ1v) is 4.78. The Kier molecular flexibility index (Phi) is 1.33. The monoisotopic (exact) mass is 138 g/mol. The molecule has 0 heterocycles. The van der Waals surface area contributed by atoms with Crippen molar-refractivity contribution in [1.29, 1.82) is 0 Å². The lowest BCUT2D eigenvalue weighted by Gasteiger charge is -2.17. The normalized spacial score (nSPS) is 42.6. The van der Waals surface area contributed by atoms with E-state index in [1.54, 1.807) is 19.3 Å². The van der Waals surface area contributed by atoms with E-state index < -0.39 is 0 Å². The molecular formula is C10H18. The first kappa shape index (κ1) is 6.69. The number of hydrogen-bond acceptors (Lipinski definition) is 0. The molecule has 0 radical (unpaired) electrons. The van der Waals surface area contributed by atoms with Gasteiger partial charge in [-0.3, -0.25) is 0 Å². The minimum absolute atomic E-state index is 0.876. The topological polar surface area (TPSA) is 0 Å². The van der Waals surface area contributed by atoms with Gasteiger partial charge in [-0.05, 0) is 42.9 Å². The molecule has 0 aromatic carbocycles. The fourth-order valence-corrected chi connectivity index (χ4v) is 2.87. The second-order valence-corrected chi connectivity index (χ2v) is 4.36. The second kappa shape index (κ2) is 1.99. The van der Waals surface area contributed by atoms with Gasteiger partial charge in [-0.2, -0.15) is 0 Å². The highest BCUT2D eigenvalue weighted by atomic mass is 14.6. The fourth-order valence-electron chi connectivity index (χ4n) is 2.87. The first-order chi connectivity index (χ1) is 4.78. The summed E-state index contributed by atoms with van der Waals surface area (Å²) < 4.78 is 0. The van der Waals surface area contributed by atoms with Crippen molar-refractivity contribution < 1.29 is 0 Å². The van der Waals surface area contributed by atoms with Gasteiger partial charge in [0.1, 0.15) is 0 Å². The quantitative estimate of drug-likeness (QED) is 0.522. The fraction of sp³-hybridized carbons (Fsp3) is 1.00. The predicted molar refractivity (Wildman–Crippen MR) is 43.8 cm³/mol. The third-order valence-corrected chi connectivity index (χ3v) is 4.10. The molecule has 0 nitrogen and oxygen atoms in total. The zero-order valence-electron chi connectivity index (χ0n) is 7.19. The van der Waals surface area contributed by atoms with Gasteiger partial charge in [-0.15, -0.1) is 0 Å². The summed E-state index contributed by atoms with van der Waals surface area (Å²) in [7, 11) is 0. The van der Waals surface area contributed by atoms with Crippen LogP contribution < -0.4 is 0 Å². The Bertz CT molecular complexity index is 133. The molecule has 2 aliphatic rings. The third-order valence-electron chi connectivity index (χ3n) is 4.10. The van der Waals surface area contributed by atoms with Crippen LogP contribution in [0, 0.1) is 17.3 Å². The van der Waals surface area contributed by atoms with Crippen LogP contribution in [0.5, 0.6) is 0 Å². The molecule has 0 bridgehead atoms. The molecule has 0 aromatic rings. The summed E-state index contributed by atoms with van der Waals surface area (Å²) in [6.45, 7) is 4.83. The van der Waals surface area contributed by atoms with Crippen molar-refractivity contribution in [3.8, 4) is 0 Å². The van der Waals surface area contributed by atoms with Gasteiger partial charge in [0.25, 0.3) is 0 Å². The highest BCUT2D eigenvalue weighted by Crippen LogP contribution is 2.63.